The van der Waals surface area contributed by atoms with Gasteiger partial charge in [-0.2, -0.15) is 0 Å². The zero-order chi connectivity index (χ0) is 18.5. The lowest BCUT2D eigenvalue weighted by molar-refractivity contribution is -0.895. The molecular weight excluding hydrogens is 357 g/mol. The summed E-state index contributed by atoms with van der Waals surface area (Å²) in [6.45, 7) is 2.70. The van der Waals surface area contributed by atoms with Gasteiger partial charge >= 0.3 is 0 Å². The van der Waals surface area contributed by atoms with Crippen LogP contribution in [0.1, 0.15) is 10.4 Å². The second-order valence-corrected chi connectivity index (χ2v) is 6.66. The van der Waals surface area contributed by atoms with E-state index in [2.05, 4.69) is 5.32 Å². The second-order valence-electron chi connectivity index (χ2n) is 6.26. The maximum Gasteiger partial charge on any atom is 0.279 e. The summed E-state index contributed by atoms with van der Waals surface area (Å²) in [5, 5.41) is 3.31. The van der Waals surface area contributed by atoms with Gasteiger partial charge in [-0.3, -0.25) is 9.59 Å². The Morgan fingerprint density at radius 2 is 1.85 bits per heavy atom. The summed E-state index contributed by atoms with van der Waals surface area (Å²) in [7, 11) is 0. The number of piperazine rings is 1. The van der Waals surface area contributed by atoms with E-state index in [4.69, 9.17) is 11.6 Å². The van der Waals surface area contributed by atoms with E-state index >= 15 is 0 Å². The molecule has 0 aliphatic carbocycles. The molecule has 0 aromatic heterocycles. The topological polar surface area (TPSA) is 53.9 Å². The average molecular weight is 377 g/mol. The van der Waals surface area contributed by atoms with Crippen molar-refractivity contribution in [3.63, 3.8) is 0 Å². The number of para-hydroxylation sites is 1. The van der Waals surface area contributed by atoms with Crippen molar-refractivity contribution in [3.05, 3.63) is 64.9 Å². The fourth-order valence-corrected chi connectivity index (χ4v) is 3.17. The van der Waals surface area contributed by atoms with Crippen LogP contribution in [0.4, 0.5) is 10.1 Å². The van der Waals surface area contributed by atoms with Crippen LogP contribution in [-0.2, 0) is 4.79 Å². The highest BCUT2D eigenvalue weighted by atomic mass is 35.5. The molecule has 2 amide bonds. The number of amides is 2. The van der Waals surface area contributed by atoms with Crippen molar-refractivity contribution in [3.8, 4) is 0 Å². The number of hydrogen-bond acceptors (Lipinski definition) is 2. The number of benzene rings is 2. The number of hydrogen-bond donors (Lipinski definition) is 2. The molecule has 1 saturated heterocycles. The molecule has 1 aliphatic heterocycles. The van der Waals surface area contributed by atoms with E-state index in [1.165, 1.54) is 18.2 Å². The molecule has 2 aromatic rings. The lowest BCUT2D eigenvalue weighted by Crippen LogP contribution is -3.15. The van der Waals surface area contributed by atoms with Gasteiger partial charge in [0, 0.05) is 5.56 Å². The molecule has 26 heavy (non-hydrogen) atoms. The van der Waals surface area contributed by atoms with Crippen molar-refractivity contribution >= 4 is 29.1 Å². The van der Waals surface area contributed by atoms with Gasteiger partial charge < -0.3 is 15.1 Å². The van der Waals surface area contributed by atoms with Gasteiger partial charge in [0.15, 0.2) is 6.54 Å². The van der Waals surface area contributed by atoms with Gasteiger partial charge in [-0.1, -0.05) is 29.8 Å². The Balaban J connectivity index is 1.50. The summed E-state index contributed by atoms with van der Waals surface area (Å²) in [5.74, 6) is -0.710. The van der Waals surface area contributed by atoms with Crippen molar-refractivity contribution in [2.45, 2.75) is 0 Å². The number of halogens is 2. The molecule has 1 heterocycles. The van der Waals surface area contributed by atoms with Crippen molar-refractivity contribution < 1.29 is 18.9 Å². The van der Waals surface area contributed by atoms with Crippen LogP contribution < -0.4 is 10.2 Å². The monoisotopic (exact) mass is 376 g/mol. The minimum atomic E-state index is -0.420. The molecule has 0 atom stereocenters. The normalized spacial score (nSPS) is 14.9. The Hall–Kier alpha value is -2.44. The molecule has 0 radical (unpaired) electrons. The van der Waals surface area contributed by atoms with Gasteiger partial charge in [-0.25, -0.2) is 4.39 Å². The van der Waals surface area contributed by atoms with Crippen molar-refractivity contribution in [1.82, 2.24) is 4.90 Å². The summed E-state index contributed by atoms with van der Waals surface area (Å²) in [4.78, 5) is 27.4. The predicted molar refractivity (Wildman–Crippen MR) is 97.9 cm³/mol. The highest BCUT2D eigenvalue weighted by Gasteiger charge is 2.26. The number of nitrogens with one attached hydrogen (secondary N) is 2. The predicted octanol–water partition coefficient (Wildman–Crippen LogP) is 1.46. The fraction of sp³-hybridized carbons (Fsp3) is 0.263. The van der Waals surface area contributed by atoms with Gasteiger partial charge in [0.2, 0.25) is 0 Å². The summed E-state index contributed by atoms with van der Waals surface area (Å²) >= 11 is 6.04. The largest absolute Gasteiger partial charge is 0.327 e. The number of anilines is 1. The minimum Gasteiger partial charge on any atom is -0.327 e. The van der Waals surface area contributed by atoms with Crippen LogP contribution in [0.2, 0.25) is 5.02 Å². The quantitative estimate of drug-likeness (QED) is 0.848. The van der Waals surface area contributed by atoms with Crippen LogP contribution in [0.3, 0.4) is 0 Å². The van der Waals surface area contributed by atoms with Crippen molar-refractivity contribution in [2.75, 3.05) is 38.0 Å². The lowest BCUT2D eigenvalue weighted by atomic mass is 10.1. The highest BCUT2D eigenvalue weighted by molar-refractivity contribution is 6.33. The third-order valence-corrected chi connectivity index (χ3v) is 4.72. The third kappa shape index (κ3) is 4.59. The van der Waals surface area contributed by atoms with Gasteiger partial charge in [0.1, 0.15) is 5.82 Å². The summed E-state index contributed by atoms with van der Waals surface area (Å²) in [6.07, 6.45) is 0. The molecule has 0 bridgehead atoms. The van der Waals surface area contributed by atoms with Gasteiger partial charge in [0.25, 0.3) is 11.8 Å². The van der Waals surface area contributed by atoms with E-state index in [1.807, 2.05) is 6.07 Å². The van der Waals surface area contributed by atoms with E-state index in [9.17, 15) is 14.0 Å². The maximum atomic E-state index is 13.3. The summed E-state index contributed by atoms with van der Waals surface area (Å²) in [6, 6.07) is 12.8. The molecule has 2 aromatic carbocycles. The number of carbonyl (C=O) groups excluding carboxylic acids is 2. The van der Waals surface area contributed by atoms with E-state index in [0.29, 0.717) is 49.0 Å². The molecular formula is C19H20ClFN3O2+. The lowest BCUT2D eigenvalue weighted by Gasteiger charge is -2.32. The standard InChI is InChI=1S/C19H19ClFN3O2/c20-16-6-1-2-7-17(16)22-18(25)13-23-8-10-24(11-9-23)19(26)14-4-3-5-15(21)12-14/h1-7,12H,8-11,13H2,(H,22,25)/p+1. The smallest absolute Gasteiger partial charge is 0.279 e. The summed E-state index contributed by atoms with van der Waals surface area (Å²) < 4.78 is 13.3. The molecule has 2 N–H and O–H groups in total. The Morgan fingerprint density at radius 1 is 1.12 bits per heavy atom. The minimum absolute atomic E-state index is 0.113. The van der Waals surface area contributed by atoms with Crippen LogP contribution in [-0.4, -0.2) is 49.4 Å². The van der Waals surface area contributed by atoms with Gasteiger partial charge in [0.05, 0.1) is 36.9 Å². The van der Waals surface area contributed by atoms with Crippen molar-refractivity contribution in [1.29, 1.82) is 0 Å². The highest BCUT2D eigenvalue weighted by Crippen LogP contribution is 2.19. The first-order valence-corrected chi connectivity index (χ1v) is 8.83. The van der Waals surface area contributed by atoms with E-state index in [-0.39, 0.29) is 11.8 Å². The SMILES string of the molecule is O=C(C[NH+]1CCN(C(=O)c2cccc(F)c2)CC1)Nc1ccccc1Cl. The number of quaternary nitrogens is 1. The van der Waals surface area contributed by atoms with E-state index < -0.39 is 5.82 Å². The number of nitrogens with zero attached hydrogens (tertiary/aromatic N) is 1. The van der Waals surface area contributed by atoms with Crippen LogP contribution >= 0.6 is 11.6 Å². The Labute approximate surface area is 156 Å². The molecule has 0 unspecified atom stereocenters. The first kappa shape index (κ1) is 18.4. The van der Waals surface area contributed by atoms with Crippen molar-refractivity contribution in [2.24, 2.45) is 0 Å². The number of carbonyl (C=O) groups is 2. The zero-order valence-corrected chi connectivity index (χ0v) is 14.9. The van der Waals surface area contributed by atoms with Gasteiger partial charge in [-0.15, -0.1) is 0 Å². The molecule has 0 spiro atoms. The first-order chi connectivity index (χ1) is 12.5. The third-order valence-electron chi connectivity index (χ3n) is 4.39. The maximum absolute atomic E-state index is 13.3. The van der Waals surface area contributed by atoms with E-state index in [0.717, 1.165) is 4.90 Å². The zero-order valence-electron chi connectivity index (χ0n) is 14.2. The van der Waals surface area contributed by atoms with Gasteiger partial charge in [-0.05, 0) is 30.3 Å². The first-order valence-electron chi connectivity index (χ1n) is 8.46. The second kappa shape index (κ2) is 8.29. The molecule has 0 saturated carbocycles. The molecule has 3 rings (SSSR count). The summed E-state index contributed by atoms with van der Waals surface area (Å²) in [5.41, 5.74) is 0.948. The van der Waals surface area contributed by atoms with Crippen LogP contribution in [0.25, 0.3) is 0 Å². The molecule has 1 aliphatic rings. The van der Waals surface area contributed by atoms with Crippen LogP contribution in [0.15, 0.2) is 48.5 Å². The van der Waals surface area contributed by atoms with E-state index in [1.54, 1.807) is 29.2 Å². The molecule has 7 heteroatoms. The average Bonchev–Trinajstić information content (AvgIpc) is 2.64. The van der Waals surface area contributed by atoms with Crippen LogP contribution in [0, 0.1) is 5.82 Å². The molecule has 1 fully saturated rings. The number of rotatable bonds is 4. The Kier molecular flexibility index (Phi) is 5.85. The molecule has 136 valence electrons. The fourth-order valence-electron chi connectivity index (χ4n) is 2.99. The van der Waals surface area contributed by atoms with Crippen LogP contribution in [0.5, 0.6) is 0 Å². The Morgan fingerprint density at radius 3 is 2.54 bits per heavy atom. The Bertz CT molecular complexity index is 807. The molecule has 5 nitrogen and oxygen atoms in total.